The number of aliphatic hydroxyl groups is 6. The first kappa shape index (κ1) is 22.7. The number of rotatable bonds is 8. The summed E-state index contributed by atoms with van der Waals surface area (Å²) in [4.78, 5) is 0. The molecule has 4 fully saturated rings. The van der Waals surface area contributed by atoms with Crippen molar-refractivity contribution in [2.75, 3.05) is 33.5 Å². The first-order chi connectivity index (χ1) is 14.4. The molecule has 0 aromatic heterocycles. The molecule has 4 aliphatic heterocycles. The lowest BCUT2D eigenvalue weighted by molar-refractivity contribution is -0.330. The smallest absolute Gasteiger partial charge is 0.187 e. The molecule has 0 aromatic carbocycles. The third kappa shape index (κ3) is 3.57. The van der Waals surface area contributed by atoms with E-state index in [1.54, 1.807) is 0 Å². The molecule has 0 aliphatic carbocycles. The number of aliphatic hydroxyl groups excluding tert-OH is 6. The van der Waals surface area contributed by atoms with Gasteiger partial charge in [0.25, 0.3) is 0 Å². The van der Waals surface area contributed by atoms with Gasteiger partial charge in [-0.2, -0.15) is 0 Å². The van der Waals surface area contributed by atoms with E-state index in [-0.39, 0.29) is 13.2 Å². The standard InChI is InChI=1S/C17H28O13/c1-24-16-13-17(5-26-13,30-15-12(23)10(21)7(3-19)28-15)8(29-16)4-25-14-11(22)9(20)6(2-18)27-14/h6-16,18-23H,2-5H2,1H3/t6-,7-,8-,9-,10-,11+,12+,13+,14+,15-,16+,17+/m1/s1. The zero-order valence-electron chi connectivity index (χ0n) is 16.2. The fourth-order valence-electron chi connectivity index (χ4n) is 4.18. The van der Waals surface area contributed by atoms with Gasteiger partial charge in [-0.05, 0) is 0 Å². The zero-order valence-corrected chi connectivity index (χ0v) is 16.2. The van der Waals surface area contributed by atoms with E-state index in [9.17, 15) is 30.6 Å². The zero-order chi connectivity index (χ0) is 21.6. The molecular weight excluding hydrogens is 412 g/mol. The van der Waals surface area contributed by atoms with Crippen molar-refractivity contribution in [1.29, 1.82) is 0 Å². The first-order valence-corrected chi connectivity index (χ1v) is 9.70. The number of hydrogen-bond donors (Lipinski definition) is 6. The lowest BCUT2D eigenvalue weighted by Gasteiger charge is -2.47. The predicted molar refractivity (Wildman–Crippen MR) is 90.7 cm³/mol. The second kappa shape index (κ2) is 8.78. The van der Waals surface area contributed by atoms with Gasteiger partial charge in [0.1, 0.15) is 48.8 Å². The summed E-state index contributed by atoms with van der Waals surface area (Å²) >= 11 is 0. The minimum Gasteiger partial charge on any atom is -0.394 e. The lowest BCUT2D eigenvalue weighted by Crippen LogP contribution is -2.67. The summed E-state index contributed by atoms with van der Waals surface area (Å²) in [5.41, 5.74) is -1.16. The Hall–Kier alpha value is -0.520. The van der Waals surface area contributed by atoms with Gasteiger partial charge in [-0.3, -0.25) is 0 Å². The van der Waals surface area contributed by atoms with Crippen LogP contribution in [-0.2, 0) is 33.2 Å². The third-order valence-electron chi connectivity index (χ3n) is 6.04. The van der Waals surface area contributed by atoms with E-state index >= 15 is 0 Å². The lowest BCUT2D eigenvalue weighted by atomic mass is 9.88. The molecule has 0 unspecified atom stereocenters. The second-order valence-corrected chi connectivity index (χ2v) is 7.78. The van der Waals surface area contributed by atoms with Crippen LogP contribution in [0, 0.1) is 0 Å². The van der Waals surface area contributed by atoms with Crippen LogP contribution in [0.2, 0.25) is 0 Å². The van der Waals surface area contributed by atoms with E-state index in [2.05, 4.69) is 0 Å². The average molecular weight is 440 g/mol. The third-order valence-corrected chi connectivity index (χ3v) is 6.04. The van der Waals surface area contributed by atoms with Gasteiger partial charge >= 0.3 is 0 Å². The van der Waals surface area contributed by atoms with Crippen LogP contribution in [0.4, 0.5) is 0 Å². The van der Waals surface area contributed by atoms with Gasteiger partial charge in [-0.15, -0.1) is 0 Å². The minimum absolute atomic E-state index is 0.0496. The molecule has 13 heteroatoms. The molecule has 30 heavy (non-hydrogen) atoms. The largest absolute Gasteiger partial charge is 0.394 e. The highest BCUT2D eigenvalue weighted by Crippen LogP contribution is 2.46. The van der Waals surface area contributed by atoms with E-state index in [0.29, 0.717) is 0 Å². The van der Waals surface area contributed by atoms with Gasteiger partial charge in [0.05, 0.1) is 26.4 Å². The maximum Gasteiger partial charge on any atom is 0.187 e. The molecular formula is C17H28O13. The van der Waals surface area contributed by atoms with Crippen LogP contribution in [0.25, 0.3) is 0 Å². The van der Waals surface area contributed by atoms with Crippen LogP contribution >= 0.6 is 0 Å². The summed E-state index contributed by atoms with van der Waals surface area (Å²) < 4.78 is 38.9. The summed E-state index contributed by atoms with van der Waals surface area (Å²) in [5, 5.41) is 58.5. The van der Waals surface area contributed by atoms with E-state index in [1.165, 1.54) is 7.11 Å². The Morgan fingerprint density at radius 1 is 0.833 bits per heavy atom. The summed E-state index contributed by atoms with van der Waals surface area (Å²) in [6, 6.07) is 0. The van der Waals surface area contributed by atoms with Crippen molar-refractivity contribution in [3.05, 3.63) is 0 Å². The summed E-state index contributed by atoms with van der Waals surface area (Å²) in [6.45, 7) is -1.10. The number of methoxy groups -OCH3 is 1. The Bertz CT molecular complexity index is 594. The average Bonchev–Trinajstić information content (AvgIpc) is 3.24. The molecule has 4 heterocycles. The first-order valence-electron chi connectivity index (χ1n) is 9.70. The molecule has 0 aromatic rings. The van der Waals surface area contributed by atoms with Crippen molar-refractivity contribution in [1.82, 2.24) is 0 Å². The van der Waals surface area contributed by atoms with Crippen LogP contribution in [0.1, 0.15) is 0 Å². The van der Waals surface area contributed by atoms with Crippen molar-refractivity contribution in [2.45, 2.75) is 73.3 Å². The summed E-state index contributed by atoms with van der Waals surface area (Å²) in [5.74, 6) is 0. The number of hydrogen-bond acceptors (Lipinski definition) is 13. The Balaban J connectivity index is 1.44. The van der Waals surface area contributed by atoms with Crippen molar-refractivity contribution in [2.24, 2.45) is 0 Å². The summed E-state index contributed by atoms with van der Waals surface area (Å²) in [6.07, 6.45) is -12.1. The molecule has 4 rings (SSSR count). The van der Waals surface area contributed by atoms with Crippen molar-refractivity contribution >= 4 is 0 Å². The molecule has 0 amide bonds. The van der Waals surface area contributed by atoms with Gasteiger partial charge in [0, 0.05) is 7.11 Å². The molecule has 4 saturated heterocycles. The monoisotopic (exact) mass is 440 g/mol. The SMILES string of the molecule is CO[C@H]1O[C@H](CO[C@H]2O[C@H](CO)[C@@H](O)[C@@H]2O)[C@@]2(O[C@H]3O[C@H](CO)[C@@H](O)[C@@H]3O)CO[C@@H]12. The maximum absolute atomic E-state index is 10.2. The Labute approximate surface area is 171 Å². The predicted octanol–water partition coefficient (Wildman–Crippen LogP) is -4.59. The molecule has 0 bridgehead atoms. The van der Waals surface area contributed by atoms with Crippen LogP contribution in [-0.4, -0.2) is 137 Å². The quantitative estimate of drug-likeness (QED) is 0.212. The van der Waals surface area contributed by atoms with Crippen LogP contribution in [0.5, 0.6) is 0 Å². The van der Waals surface area contributed by atoms with Gasteiger partial charge < -0.3 is 63.8 Å². The van der Waals surface area contributed by atoms with Gasteiger partial charge in [-0.25, -0.2) is 0 Å². The fourth-order valence-corrected chi connectivity index (χ4v) is 4.18. The van der Waals surface area contributed by atoms with E-state index < -0.39 is 86.5 Å². The molecule has 12 atom stereocenters. The van der Waals surface area contributed by atoms with Crippen molar-refractivity contribution in [3.8, 4) is 0 Å². The van der Waals surface area contributed by atoms with Gasteiger partial charge in [0.2, 0.25) is 0 Å². The molecule has 174 valence electrons. The second-order valence-electron chi connectivity index (χ2n) is 7.78. The minimum atomic E-state index is -1.40. The molecule has 0 radical (unpaired) electrons. The molecule has 0 spiro atoms. The molecule has 6 N–H and O–H groups in total. The van der Waals surface area contributed by atoms with Crippen molar-refractivity contribution < 1.29 is 63.8 Å². The van der Waals surface area contributed by atoms with E-state index in [1.807, 2.05) is 0 Å². The Morgan fingerprint density at radius 2 is 1.43 bits per heavy atom. The molecule has 13 nitrogen and oxygen atoms in total. The van der Waals surface area contributed by atoms with E-state index in [0.717, 1.165) is 0 Å². The Morgan fingerprint density at radius 3 is 1.93 bits per heavy atom. The number of ether oxygens (including phenoxy) is 7. The number of fused-ring (bicyclic) bond motifs is 1. The highest BCUT2D eigenvalue weighted by atomic mass is 16.8. The van der Waals surface area contributed by atoms with Crippen LogP contribution in [0.3, 0.4) is 0 Å². The van der Waals surface area contributed by atoms with Crippen LogP contribution < -0.4 is 0 Å². The topological polar surface area (TPSA) is 186 Å². The van der Waals surface area contributed by atoms with Crippen LogP contribution in [0.15, 0.2) is 0 Å². The highest BCUT2D eigenvalue weighted by molar-refractivity contribution is 5.11. The van der Waals surface area contributed by atoms with E-state index in [4.69, 9.17) is 33.2 Å². The molecule has 4 aliphatic rings. The molecule has 0 saturated carbocycles. The van der Waals surface area contributed by atoms with Gasteiger partial charge in [-0.1, -0.05) is 0 Å². The fraction of sp³-hybridized carbons (Fsp3) is 1.00. The van der Waals surface area contributed by atoms with Gasteiger partial charge in [0.15, 0.2) is 24.5 Å². The summed E-state index contributed by atoms with van der Waals surface area (Å²) in [7, 11) is 1.42. The van der Waals surface area contributed by atoms with Crippen molar-refractivity contribution in [3.63, 3.8) is 0 Å². The highest BCUT2D eigenvalue weighted by Gasteiger charge is 2.67. The maximum atomic E-state index is 10.2. The Kier molecular flexibility index (Phi) is 6.64. The normalized spacial score (nSPS) is 53.1.